The Labute approximate surface area is 341 Å². The van der Waals surface area contributed by atoms with Gasteiger partial charge in [-0.25, -0.2) is 8.78 Å². The maximum Gasteiger partial charge on any atom is 0.270 e. The first-order valence-corrected chi connectivity index (χ1v) is 21.6. The molecule has 4 heterocycles. The predicted octanol–water partition coefficient (Wildman–Crippen LogP) is 6.32. The molecular weight excluding hydrogens is 765 g/mol. The molecule has 5 atom stereocenters. The van der Waals surface area contributed by atoms with Gasteiger partial charge in [-0.1, -0.05) is 49.6 Å². The summed E-state index contributed by atoms with van der Waals surface area (Å²) < 4.78 is 28.8. The van der Waals surface area contributed by atoms with Crippen LogP contribution in [0.2, 0.25) is 0 Å². The fourth-order valence-electron chi connectivity index (χ4n) is 9.55. The molecule has 3 aliphatic heterocycles. The van der Waals surface area contributed by atoms with Crippen LogP contribution in [0.3, 0.4) is 0 Å². The van der Waals surface area contributed by atoms with Gasteiger partial charge in [-0.3, -0.25) is 28.8 Å². The van der Waals surface area contributed by atoms with Crippen LogP contribution in [0, 0.1) is 11.8 Å². The van der Waals surface area contributed by atoms with Gasteiger partial charge in [-0.05, 0) is 92.0 Å². The summed E-state index contributed by atoms with van der Waals surface area (Å²) in [6.07, 6.45) is 8.41. The lowest BCUT2D eigenvalue weighted by Gasteiger charge is -2.36. The number of carbonyl (C=O) groups excluding carboxylic acids is 6. The number of halogens is 2. The standard InChI is InChI=1S/C44H53F2N5O6S/c1-44(45,46)29-14-18-37-28(22-29)24-38(58-37)41(55)49-33-23-27-12-6-7-13-30(27)34-16-17-35(51(34)43(33)57)40(54)48-32(15-19-39(47)53)36(52)25-31(26-10-4-2-5-11-26)42(56)50-20-8-3-9-21-50/h6-7,12-14,18,22,24,26,31-35H,2-5,8-11,15-17,19-21,23,25H2,1H3,(H2,47,53)(H,48,54)(H,49,55)/t31-,32-,33+,34+,35-/m0/s1. The van der Waals surface area contributed by atoms with Crippen molar-refractivity contribution in [3.8, 4) is 0 Å². The number of nitrogens with one attached hydrogen (secondary N) is 2. The third-order valence-electron chi connectivity index (χ3n) is 12.6. The molecule has 3 aromatic rings. The SMILES string of the molecule is CC(F)(F)c1ccc2sc(C(=O)N[C@@H]3Cc4ccccc4[C@H]4CC[C@@H](C(=O)N[C@@H](CCC(N)=O)C(=O)C[C@H](C(=O)N5CCCCC5)C5CCCCC5)N4C3=O)cc2c1. The number of hydrogen-bond donors (Lipinski definition) is 3. The molecule has 4 N–H and O–H groups in total. The first-order chi connectivity index (χ1) is 27.8. The maximum atomic E-state index is 14.6. The van der Waals surface area contributed by atoms with Crippen LogP contribution in [-0.2, 0) is 36.3 Å². The number of likely N-dealkylation sites (tertiary alicyclic amines) is 1. The molecule has 0 bridgehead atoms. The van der Waals surface area contributed by atoms with Crippen LogP contribution in [0.4, 0.5) is 8.78 Å². The van der Waals surface area contributed by atoms with Crippen LogP contribution in [0.5, 0.6) is 0 Å². The van der Waals surface area contributed by atoms with Gasteiger partial charge in [-0.15, -0.1) is 11.3 Å². The number of carbonyl (C=O) groups is 6. The Morgan fingerprint density at radius 3 is 2.38 bits per heavy atom. The molecule has 1 saturated carbocycles. The van der Waals surface area contributed by atoms with Crippen LogP contribution >= 0.6 is 11.3 Å². The number of primary amides is 1. The van der Waals surface area contributed by atoms with E-state index in [-0.39, 0.29) is 53.7 Å². The van der Waals surface area contributed by atoms with Crippen molar-refractivity contribution in [2.45, 2.75) is 127 Å². The maximum absolute atomic E-state index is 14.6. The molecule has 3 fully saturated rings. The number of nitrogens with zero attached hydrogens (tertiary/aromatic N) is 2. The third-order valence-corrected chi connectivity index (χ3v) is 13.8. The fourth-order valence-corrected chi connectivity index (χ4v) is 10.5. The summed E-state index contributed by atoms with van der Waals surface area (Å²) in [5, 5.41) is 6.27. The minimum atomic E-state index is -3.05. The van der Waals surface area contributed by atoms with Crippen LogP contribution in [0.15, 0.2) is 48.5 Å². The Morgan fingerprint density at radius 1 is 0.931 bits per heavy atom. The zero-order chi connectivity index (χ0) is 41.1. The van der Waals surface area contributed by atoms with Gasteiger partial charge in [-0.2, -0.15) is 0 Å². The highest BCUT2D eigenvalue weighted by Gasteiger charge is 2.47. The summed E-state index contributed by atoms with van der Waals surface area (Å²) in [5.74, 6) is -6.01. The van der Waals surface area contributed by atoms with E-state index >= 15 is 0 Å². The van der Waals surface area contributed by atoms with Gasteiger partial charge in [0.1, 0.15) is 12.1 Å². The van der Waals surface area contributed by atoms with Crippen molar-refractivity contribution in [1.82, 2.24) is 20.4 Å². The zero-order valence-electron chi connectivity index (χ0n) is 33.0. The van der Waals surface area contributed by atoms with Gasteiger partial charge in [0.25, 0.3) is 11.8 Å². The minimum absolute atomic E-state index is 0.0108. The van der Waals surface area contributed by atoms with E-state index in [1.54, 1.807) is 6.07 Å². The molecule has 0 unspecified atom stereocenters. The highest BCUT2D eigenvalue weighted by atomic mass is 32.1. The lowest BCUT2D eigenvalue weighted by Crippen LogP contribution is -2.55. The van der Waals surface area contributed by atoms with Gasteiger partial charge >= 0.3 is 0 Å². The third kappa shape index (κ3) is 9.11. The molecule has 11 nitrogen and oxygen atoms in total. The number of alkyl halides is 2. The summed E-state index contributed by atoms with van der Waals surface area (Å²) in [6, 6.07) is 9.75. The van der Waals surface area contributed by atoms with E-state index in [1.165, 1.54) is 23.1 Å². The van der Waals surface area contributed by atoms with Crippen LogP contribution in [0.1, 0.15) is 123 Å². The monoisotopic (exact) mass is 817 g/mol. The Bertz CT molecular complexity index is 2050. The van der Waals surface area contributed by atoms with Crippen molar-refractivity contribution in [3.63, 3.8) is 0 Å². The number of piperidine rings is 1. The predicted molar refractivity (Wildman–Crippen MR) is 216 cm³/mol. The minimum Gasteiger partial charge on any atom is -0.370 e. The first kappa shape index (κ1) is 41.4. The van der Waals surface area contributed by atoms with Crippen molar-refractivity contribution in [2.75, 3.05) is 13.1 Å². The number of amides is 5. The molecule has 14 heteroatoms. The second-order valence-corrected chi connectivity index (χ2v) is 17.7. The molecular formula is C44H53F2N5O6S. The summed E-state index contributed by atoms with van der Waals surface area (Å²) in [5.41, 5.74) is 7.08. The largest absolute Gasteiger partial charge is 0.370 e. The van der Waals surface area contributed by atoms with Crippen molar-refractivity contribution in [2.24, 2.45) is 17.6 Å². The second-order valence-electron chi connectivity index (χ2n) is 16.7. The lowest BCUT2D eigenvalue weighted by atomic mass is 9.76. The number of benzene rings is 2. The summed E-state index contributed by atoms with van der Waals surface area (Å²) in [6.45, 7) is 2.15. The van der Waals surface area contributed by atoms with E-state index in [4.69, 9.17) is 5.73 Å². The number of hydrogen-bond acceptors (Lipinski definition) is 7. The molecule has 58 heavy (non-hydrogen) atoms. The van der Waals surface area contributed by atoms with Crippen LogP contribution in [-0.4, -0.2) is 76.3 Å². The molecule has 4 aliphatic rings. The molecule has 0 radical (unpaired) electrons. The van der Waals surface area contributed by atoms with Crippen molar-refractivity contribution in [1.29, 1.82) is 0 Å². The topological polar surface area (TPSA) is 159 Å². The van der Waals surface area contributed by atoms with Gasteiger partial charge in [0.05, 0.1) is 17.0 Å². The van der Waals surface area contributed by atoms with E-state index in [2.05, 4.69) is 10.6 Å². The van der Waals surface area contributed by atoms with E-state index in [9.17, 15) is 37.5 Å². The lowest BCUT2D eigenvalue weighted by molar-refractivity contribution is -0.143. The van der Waals surface area contributed by atoms with E-state index in [0.717, 1.165) is 80.8 Å². The molecule has 2 aromatic carbocycles. The fraction of sp³-hybridized carbons (Fsp3) is 0.545. The van der Waals surface area contributed by atoms with Crippen molar-refractivity contribution in [3.05, 3.63) is 70.1 Å². The number of fused-ring (bicyclic) bond motifs is 4. The van der Waals surface area contributed by atoms with Crippen molar-refractivity contribution >= 4 is 56.7 Å². The quantitative estimate of drug-likeness (QED) is 0.183. The highest BCUT2D eigenvalue weighted by Crippen LogP contribution is 2.41. The molecule has 7 rings (SSSR count). The van der Waals surface area contributed by atoms with Gasteiger partial charge in [0.15, 0.2) is 5.78 Å². The molecule has 2 saturated heterocycles. The van der Waals surface area contributed by atoms with E-state index < -0.39 is 59.6 Å². The molecule has 1 aliphatic carbocycles. The number of nitrogens with two attached hydrogens (primary N) is 1. The average molecular weight is 818 g/mol. The van der Waals surface area contributed by atoms with Crippen molar-refractivity contribution < 1.29 is 37.5 Å². The number of thiophene rings is 1. The summed E-state index contributed by atoms with van der Waals surface area (Å²) in [4.78, 5) is 86.5. The Kier molecular flexibility index (Phi) is 12.6. The Morgan fingerprint density at radius 2 is 1.66 bits per heavy atom. The van der Waals surface area contributed by atoms with Gasteiger partial charge < -0.3 is 26.2 Å². The average Bonchev–Trinajstić information content (AvgIpc) is 3.84. The zero-order valence-corrected chi connectivity index (χ0v) is 33.8. The van der Waals surface area contributed by atoms with Gasteiger partial charge in [0.2, 0.25) is 23.6 Å². The Hall–Kier alpha value is -4.72. The second kappa shape index (κ2) is 17.6. The normalized spacial score (nSPS) is 22.4. The smallest absolute Gasteiger partial charge is 0.270 e. The van der Waals surface area contributed by atoms with E-state index in [1.807, 2.05) is 29.2 Å². The number of Topliss-reactive ketones (excluding diaryl/α,β-unsaturated/α-hetero) is 1. The molecule has 5 amide bonds. The van der Waals surface area contributed by atoms with E-state index in [0.29, 0.717) is 36.0 Å². The highest BCUT2D eigenvalue weighted by molar-refractivity contribution is 7.20. The van der Waals surface area contributed by atoms with Crippen LogP contribution in [0.25, 0.3) is 10.1 Å². The van der Waals surface area contributed by atoms with Gasteiger partial charge in [0, 0.05) is 55.5 Å². The first-order valence-electron chi connectivity index (χ1n) is 20.8. The summed E-state index contributed by atoms with van der Waals surface area (Å²) in [7, 11) is 0. The summed E-state index contributed by atoms with van der Waals surface area (Å²) >= 11 is 1.13. The molecule has 1 aromatic heterocycles. The number of ketones is 1. The molecule has 310 valence electrons. The number of rotatable bonds is 13. The van der Waals surface area contributed by atoms with Crippen LogP contribution < -0.4 is 16.4 Å². The molecule has 0 spiro atoms. The Balaban J connectivity index is 1.11.